The number of hydrogen-bond acceptors (Lipinski definition) is 3. The van der Waals surface area contributed by atoms with E-state index in [9.17, 15) is 9.90 Å². The highest BCUT2D eigenvalue weighted by Gasteiger charge is 2.20. The van der Waals surface area contributed by atoms with Crippen LogP contribution in [0.15, 0.2) is 34.8 Å². The summed E-state index contributed by atoms with van der Waals surface area (Å²) in [7, 11) is 0. The van der Waals surface area contributed by atoms with Crippen molar-refractivity contribution in [2.24, 2.45) is 0 Å². The fourth-order valence-corrected chi connectivity index (χ4v) is 2.84. The molecule has 1 aromatic carbocycles. The van der Waals surface area contributed by atoms with Crippen LogP contribution in [0.25, 0.3) is 0 Å². The number of aromatic carboxylic acids is 1. The third kappa shape index (κ3) is 2.93. The fourth-order valence-electron chi connectivity index (χ4n) is 2.48. The van der Waals surface area contributed by atoms with Crippen LogP contribution in [-0.2, 0) is 12.8 Å². The van der Waals surface area contributed by atoms with Crippen molar-refractivity contribution >= 4 is 21.9 Å². The Hall–Kier alpha value is -1.88. The van der Waals surface area contributed by atoms with Crippen LogP contribution in [0, 0.1) is 0 Å². The predicted octanol–water partition coefficient (Wildman–Crippen LogP) is 4.21. The minimum absolute atomic E-state index is 0.117. The lowest BCUT2D eigenvalue weighted by molar-refractivity contribution is 0.0693. The van der Waals surface area contributed by atoms with E-state index in [-0.39, 0.29) is 11.4 Å². The Labute approximate surface area is 130 Å². The minimum Gasteiger partial charge on any atom is -0.477 e. The average Bonchev–Trinajstić information content (AvgIpc) is 2.48. The van der Waals surface area contributed by atoms with Gasteiger partial charge in [-0.3, -0.25) is 0 Å². The summed E-state index contributed by atoms with van der Waals surface area (Å²) in [4.78, 5) is 15.9. The second kappa shape index (κ2) is 5.85. The molecule has 5 heteroatoms. The van der Waals surface area contributed by atoms with Gasteiger partial charge < -0.3 is 9.84 Å². The molecule has 0 atom stereocenters. The van der Waals surface area contributed by atoms with Crippen molar-refractivity contribution < 1.29 is 14.6 Å². The van der Waals surface area contributed by atoms with E-state index in [4.69, 9.17) is 4.74 Å². The number of hydrogen-bond donors (Lipinski definition) is 1. The summed E-state index contributed by atoms with van der Waals surface area (Å²) < 4.78 is 6.49. The molecule has 0 saturated carbocycles. The van der Waals surface area contributed by atoms with E-state index >= 15 is 0 Å². The van der Waals surface area contributed by atoms with Crippen molar-refractivity contribution in [2.45, 2.75) is 25.7 Å². The molecule has 108 valence electrons. The molecule has 21 heavy (non-hydrogen) atoms. The number of carboxylic acid groups (broad SMARTS) is 1. The lowest BCUT2D eigenvalue weighted by Gasteiger charge is -2.17. The van der Waals surface area contributed by atoms with Crippen molar-refractivity contribution in [3.63, 3.8) is 0 Å². The third-order valence-electron chi connectivity index (χ3n) is 3.54. The Balaban J connectivity index is 2.04. The number of fused-ring (bicyclic) bond motifs is 1. The number of carbonyl (C=O) groups is 1. The first-order chi connectivity index (χ1) is 10.1. The van der Waals surface area contributed by atoms with E-state index in [1.165, 1.54) is 0 Å². The van der Waals surface area contributed by atoms with Gasteiger partial charge in [-0.25, -0.2) is 9.78 Å². The average molecular weight is 348 g/mol. The molecular weight excluding hydrogens is 334 g/mol. The van der Waals surface area contributed by atoms with Crippen LogP contribution in [0.3, 0.4) is 0 Å². The number of benzene rings is 1. The zero-order chi connectivity index (χ0) is 14.8. The number of nitrogens with zero attached hydrogens (tertiary/aromatic N) is 1. The lowest BCUT2D eigenvalue weighted by atomic mass is 9.95. The number of carboxylic acids is 1. The quantitative estimate of drug-likeness (QED) is 0.903. The van der Waals surface area contributed by atoms with E-state index < -0.39 is 5.97 Å². The molecule has 0 amide bonds. The first kappa shape index (κ1) is 14.1. The standard InChI is InChI=1S/C16H14BrNO3/c17-12-6-2-4-8-14(12)21-15-11(16(19)20)9-10-5-1-3-7-13(10)18-15/h2,4,6,8-9H,1,3,5,7H2,(H,19,20). The maximum Gasteiger partial charge on any atom is 0.341 e. The highest BCUT2D eigenvalue weighted by atomic mass is 79.9. The molecule has 1 aliphatic carbocycles. The van der Waals surface area contributed by atoms with Gasteiger partial charge in [0.2, 0.25) is 5.88 Å². The van der Waals surface area contributed by atoms with Crippen LogP contribution in [0.4, 0.5) is 0 Å². The van der Waals surface area contributed by atoms with Gasteiger partial charge in [-0.2, -0.15) is 0 Å². The molecule has 0 spiro atoms. The monoisotopic (exact) mass is 347 g/mol. The van der Waals surface area contributed by atoms with Gasteiger partial charge in [0, 0.05) is 5.69 Å². The normalized spacial score (nSPS) is 13.6. The Kier molecular flexibility index (Phi) is 3.92. The SMILES string of the molecule is O=C(O)c1cc2c(nc1Oc1ccccc1Br)CCCC2. The van der Waals surface area contributed by atoms with E-state index in [2.05, 4.69) is 20.9 Å². The second-order valence-corrected chi connectivity index (χ2v) is 5.85. The first-order valence-electron chi connectivity index (χ1n) is 6.83. The number of aryl methyl sites for hydroxylation is 2. The second-order valence-electron chi connectivity index (χ2n) is 4.99. The lowest BCUT2D eigenvalue weighted by Crippen LogP contribution is -2.11. The summed E-state index contributed by atoms with van der Waals surface area (Å²) in [5, 5.41) is 9.38. The van der Waals surface area contributed by atoms with Crippen molar-refractivity contribution in [1.29, 1.82) is 0 Å². The van der Waals surface area contributed by atoms with E-state index in [1.54, 1.807) is 12.1 Å². The van der Waals surface area contributed by atoms with Crippen LogP contribution in [-0.4, -0.2) is 16.1 Å². The van der Waals surface area contributed by atoms with E-state index in [0.29, 0.717) is 5.75 Å². The summed E-state index contributed by atoms with van der Waals surface area (Å²) in [6.07, 6.45) is 3.93. The predicted molar refractivity (Wildman–Crippen MR) is 82.1 cm³/mol. The van der Waals surface area contributed by atoms with Gasteiger partial charge in [-0.1, -0.05) is 12.1 Å². The number of ether oxygens (including phenoxy) is 1. The van der Waals surface area contributed by atoms with Gasteiger partial charge in [0.25, 0.3) is 0 Å². The maximum absolute atomic E-state index is 11.5. The van der Waals surface area contributed by atoms with Crippen molar-refractivity contribution in [3.05, 3.63) is 51.6 Å². The zero-order valence-corrected chi connectivity index (χ0v) is 12.9. The van der Waals surface area contributed by atoms with E-state index in [0.717, 1.165) is 41.4 Å². The maximum atomic E-state index is 11.5. The summed E-state index contributed by atoms with van der Waals surface area (Å²) in [5.74, 6) is -0.295. The van der Waals surface area contributed by atoms with Crippen LogP contribution in [0.2, 0.25) is 0 Å². The molecule has 4 nitrogen and oxygen atoms in total. The smallest absolute Gasteiger partial charge is 0.341 e. The number of para-hydroxylation sites is 1. The van der Waals surface area contributed by atoms with Crippen molar-refractivity contribution in [1.82, 2.24) is 4.98 Å². The molecule has 1 N–H and O–H groups in total. The molecule has 3 rings (SSSR count). The van der Waals surface area contributed by atoms with E-state index in [1.807, 2.05) is 18.2 Å². The largest absolute Gasteiger partial charge is 0.477 e. The summed E-state index contributed by atoms with van der Waals surface area (Å²) in [6, 6.07) is 9.02. The van der Waals surface area contributed by atoms with Gasteiger partial charge >= 0.3 is 5.97 Å². The topological polar surface area (TPSA) is 59.4 Å². The highest BCUT2D eigenvalue weighted by Crippen LogP contribution is 2.32. The van der Waals surface area contributed by atoms with Gasteiger partial charge in [0.15, 0.2) is 0 Å². The third-order valence-corrected chi connectivity index (χ3v) is 4.19. The van der Waals surface area contributed by atoms with Crippen LogP contribution < -0.4 is 4.74 Å². The molecule has 0 aliphatic heterocycles. The molecule has 0 radical (unpaired) electrons. The van der Waals surface area contributed by atoms with Gasteiger partial charge in [-0.15, -0.1) is 0 Å². The molecule has 0 bridgehead atoms. The number of aromatic nitrogens is 1. The Morgan fingerprint density at radius 2 is 2.00 bits per heavy atom. The molecule has 2 aromatic rings. The first-order valence-corrected chi connectivity index (χ1v) is 7.63. The molecular formula is C16H14BrNO3. The van der Waals surface area contributed by atoms with Crippen molar-refractivity contribution in [3.8, 4) is 11.6 Å². The summed E-state index contributed by atoms with van der Waals surface area (Å²) >= 11 is 3.39. The Morgan fingerprint density at radius 3 is 2.76 bits per heavy atom. The van der Waals surface area contributed by atoms with Crippen LogP contribution >= 0.6 is 15.9 Å². The van der Waals surface area contributed by atoms with Gasteiger partial charge in [0.1, 0.15) is 11.3 Å². The van der Waals surface area contributed by atoms with Crippen LogP contribution in [0.1, 0.15) is 34.5 Å². The van der Waals surface area contributed by atoms with Gasteiger partial charge in [0.05, 0.1) is 4.47 Å². The molecule has 0 saturated heterocycles. The minimum atomic E-state index is -1.02. The van der Waals surface area contributed by atoms with Crippen molar-refractivity contribution in [2.75, 3.05) is 0 Å². The fraction of sp³-hybridized carbons (Fsp3) is 0.250. The summed E-state index contributed by atoms with van der Waals surface area (Å²) in [6.45, 7) is 0. The Morgan fingerprint density at radius 1 is 1.24 bits per heavy atom. The van der Waals surface area contributed by atoms with Gasteiger partial charge in [-0.05, 0) is 65.4 Å². The zero-order valence-electron chi connectivity index (χ0n) is 11.3. The number of rotatable bonds is 3. The number of halogens is 1. The highest BCUT2D eigenvalue weighted by molar-refractivity contribution is 9.10. The summed E-state index contributed by atoms with van der Waals surface area (Å²) in [5.41, 5.74) is 2.10. The molecule has 0 unspecified atom stereocenters. The van der Waals surface area contributed by atoms with Crippen LogP contribution in [0.5, 0.6) is 11.6 Å². The molecule has 0 fully saturated rings. The molecule has 1 aliphatic rings. The molecule has 1 aromatic heterocycles. The Bertz CT molecular complexity index is 700. The number of pyridine rings is 1. The molecule has 1 heterocycles.